The lowest BCUT2D eigenvalue weighted by Crippen LogP contribution is -2.31. The average molecular weight is 455 g/mol. The van der Waals surface area contributed by atoms with Crippen molar-refractivity contribution in [3.05, 3.63) is 59.7 Å². The van der Waals surface area contributed by atoms with E-state index in [0.29, 0.717) is 12.2 Å². The molecule has 2 aromatic carbocycles. The van der Waals surface area contributed by atoms with Crippen molar-refractivity contribution in [1.82, 2.24) is 9.62 Å². The van der Waals surface area contributed by atoms with Crippen LogP contribution in [0.15, 0.2) is 53.4 Å². The van der Waals surface area contributed by atoms with Gasteiger partial charge in [-0.1, -0.05) is 18.2 Å². The third-order valence-corrected chi connectivity index (χ3v) is 6.98. The van der Waals surface area contributed by atoms with Gasteiger partial charge in [-0.3, -0.25) is 4.90 Å². The highest BCUT2D eigenvalue weighted by Gasteiger charge is 2.32. The summed E-state index contributed by atoms with van der Waals surface area (Å²) in [5.74, 6) is 0.993. The Morgan fingerprint density at radius 3 is 2.48 bits per heavy atom. The van der Waals surface area contributed by atoms with Crippen molar-refractivity contribution in [2.24, 2.45) is 5.92 Å². The standard InChI is InChI=1S/C22H25F3N2O3S/c23-22(24,25)18-2-1-3-21(12-18)31(28,29)26-13-17-10-11-27(15-17)14-16-4-6-19(7-5-16)30-20-8-9-20/h1-7,12,17,20,26H,8-11,13-15H2/t17-/m0/s1. The van der Waals surface area contributed by atoms with Gasteiger partial charge in [0.05, 0.1) is 16.6 Å². The molecule has 0 bridgehead atoms. The molecule has 1 saturated heterocycles. The SMILES string of the molecule is O=S(=O)(NC[C@@H]1CCN(Cc2ccc(OC3CC3)cc2)C1)c1cccc(C(F)(F)F)c1. The second kappa shape index (κ2) is 8.80. The summed E-state index contributed by atoms with van der Waals surface area (Å²) in [6.45, 7) is 2.53. The summed E-state index contributed by atoms with van der Waals surface area (Å²) >= 11 is 0. The number of halogens is 3. The molecule has 168 valence electrons. The van der Waals surface area contributed by atoms with E-state index in [0.717, 1.165) is 62.3 Å². The number of likely N-dealkylation sites (tertiary alicyclic amines) is 1. The zero-order valence-electron chi connectivity index (χ0n) is 16.9. The van der Waals surface area contributed by atoms with Crippen molar-refractivity contribution in [1.29, 1.82) is 0 Å². The Morgan fingerprint density at radius 1 is 1.06 bits per heavy atom. The first-order chi connectivity index (χ1) is 14.7. The lowest BCUT2D eigenvalue weighted by molar-refractivity contribution is -0.137. The van der Waals surface area contributed by atoms with Crippen LogP contribution in [0, 0.1) is 5.92 Å². The van der Waals surface area contributed by atoms with E-state index >= 15 is 0 Å². The summed E-state index contributed by atoms with van der Waals surface area (Å²) in [4.78, 5) is 1.88. The molecule has 1 heterocycles. The Labute approximate surface area is 180 Å². The van der Waals surface area contributed by atoms with E-state index in [2.05, 4.69) is 9.62 Å². The number of ether oxygens (including phenoxy) is 1. The number of alkyl halides is 3. The second-order valence-corrected chi connectivity index (χ2v) is 10.00. The molecule has 5 nitrogen and oxygen atoms in total. The summed E-state index contributed by atoms with van der Waals surface area (Å²) in [7, 11) is -4.00. The van der Waals surface area contributed by atoms with Crippen LogP contribution in [0.4, 0.5) is 13.2 Å². The van der Waals surface area contributed by atoms with Gasteiger partial charge in [0.25, 0.3) is 0 Å². The Morgan fingerprint density at radius 2 is 1.81 bits per heavy atom. The molecule has 0 amide bonds. The van der Waals surface area contributed by atoms with Gasteiger partial charge >= 0.3 is 6.18 Å². The van der Waals surface area contributed by atoms with Crippen molar-refractivity contribution < 1.29 is 26.3 Å². The third-order valence-electron chi connectivity index (χ3n) is 5.56. The maximum Gasteiger partial charge on any atom is 0.416 e. The van der Waals surface area contributed by atoms with E-state index < -0.39 is 21.8 Å². The minimum atomic E-state index is -4.58. The van der Waals surface area contributed by atoms with Crippen LogP contribution >= 0.6 is 0 Å². The van der Waals surface area contributed by atoms with Gasteiger partial charge in [0, 0.05) is 19.6 Å². The first kappa shape index (κ1) is 22.1. The highest BCUT2D eigenvalue weighted by Crippen LogP contribution is 2.30. The molecule has 0 unspecified atom stereocenters. The molecule has 2 aliphatic rings. The molecule has 1 N–H and O–H groups in total. The minimum Gasteiger partial charge on any atom is -0.490 e. The van der Waals surface area contributed by atoms with Crippen LogP contribution in [-0.2, 0) is 22.7 Å². The first-order valence-corrected chi connectivity index (χ1v) is 11.8. The molecule has 0 radical (unpaired) electrons. The van der Waals surface area contributed by atoms with Crippen molar-refractivity contribution in [2.45, 2.75) is 43.0 Å². The number of rotatable bonds is 8. The summed E-state index contributed by atoms with van der Waals surface area (Å²) < 4.78 is 71.7. The maximum atomic E-state index is 12.9. The van der Waals surface area contributed by atoms with Crippen molar-refractivity contribution in [2.75, 3.05) is 19.6 Å². The average Bonchev–Trinajstić information content (AvgIpc) is 3.43. The molecule has 2 fully saturated rings. The predicted octanol–water partition coefficient (Wildman–Crippen LogP) is 4.05. The molecule has 1 aliphatic carbocycles. The van der Waals surface area contributed by atoms with Crippen LogP contribution in [0.2, 0.25) is 0 Å². The number of sulfonamides is 1. The van der Waals surface area contributed by atoms with Gasteiger partial charge in [-0.05, 0) is 67.6 Å². The number of nitrogens with zero attached hydrogens (tertiary/aromatic N) is 1. The highest BCUT2D eigenvalue weighted by molar-refractivity contribution is 7.89. The second-order valence-electron chi connectivity index (χ2n) is 8.23. The van der Waals surface area contributed by atoms with Gasteiger partial charge < -0.3 is 4.74 Å². The van der Waals surface area contributed by atoms with E-state index in [1.54, 1.807) is 0 Å². The smallest absolute Gasteiger partial charge is 0.416 e. The van der Waals surface area contributed by atoms with E-state index in [9.17, 15) is 21.6 Å². The van der Waals surface area contributed by atoms with Crippen LogP contribution in [0.3, 0.4) is 0 Å². The fourth-order valence-corrected chi connectivity index (χ4v) is 4.85. The molecule has 2 aromatic rings. The van der Waals surface area contributed by atoms with Gasteiger partial charge in [-0.25, -0.2) is 13.1 Å². The molecule has 1 atom stereocenters. The maximum absolute atomic E-state index is 12.9. The summed E-state index contributed by atoms with van der Waals surface area (Å²) in [5.41, 5.74) is 0.185. The summed E-state index contributed by atoms with van der Waals surface area (Å²) in [6.07, 6.45) is -1.15. The van der Waals surface area contributed by atoms with E-state index in [-0.39, 0.29) is 17.4 Å². The van der Waals surface area contributed by atoms with Crippen molar-refractivity contribution in [3.8, 4) is 5.75 Å². The molecule has 4 rings (SSSR count). The van der Waals surface area contributed by atoms with Gasteiger partial charge in [0.15, 0.2) is 0 Å². The predicted molar refractivity (Wildman–Crippen MR) is 110 cm³/mol. The highest BCUT2D eigenvalue weighted by atomic mass is 32.2. The van der Waals surface area contributed by atoms with Crippen molar-refractivity contribution in [3.63, 3.8) is 0 Å². The fraction of sp³-hybridized carbons (Fsp3) is 0.455. The Kier molecular flexibility index (Phi) is 6.27. The van der Waals surface area contributed by atoms with Gasteiger partial charge in [-0.15, -0.1) is 0 Å². The van der Waals surface area contributed by atoms with Crippen LogP contribution in [0.1, 0.15) is 30.4 Å². The Hall–Kier alpha value is -2.10. The van der Waals surface area contributed by atoms with E-state index in [1.807, 2.05) is 24.3 Å². The number of nitrogens with one attached hydrogen (secondary N) is 1. The molecule has 31 heavy (non-hydrogen) atoms. The zero-order chi connectivity index (χ0) is 22.1. The number of hydrogen-bond donors (Lipinski definition) is 1. The van der Waals surface area contributed by atoms with Crippen LogP contribution in [0.5, 0.6) is 5.75 Å². The van der Waals surface area contributed by atoms with Gasteiger partial charge in [-0.2, -0.15) is 13.2 Å². The van der Waals surface area contributed by atoms with Crippen LogP contribution < -0.4 is 9.46 Å². The van der Waals surface area contributed by atoms with Crippen molar-refractivity contribution >= 4 is 10.0 Å². The summed E-state index contributed by atoms with van der Waals surface area (Å²) in [6, 6.07) is 11.8. The van der Waals surface area contributed by atoms with E-state index in [4.69, 9.17) is 4.74 Å². The molecule has 0 aromatic heterocycles. The molecule has 0 spiro atoms. The Balaban J connectivity index is 1.28. The molecular weight excluding hydrogens is 429 g/mol. The number of benzene rings is 2. The third kappa shape index (κ3) is 5.99. The zero-order valence-corrected chi connectivity index (χ0v) is 17.8. The monoisotopic (exact) mass is 454 g/mol. The van der Waals surface area contributed by atoms with Gasteiger partial charge in [0.1, 0.15) is 5.75 Å². The fourth-order valence-electron chi connectivity index (χ4n) is 3.68. The largest absolute Gasteiger partial charge is 0.490 e. The Bertz CT molecular complexity index is 1010. The van der Waals surface area contributed by atoms with E-state index in [1.165, 1.54) is 6.07 Å². The lowest BCUT2D eigenvalue weighted by Gasteiger charge is -2.17. The molecule has 1 aliphatic heterocycles. The lowest BCUT2D eigenvalue weighted by atomic mass is 10.1. The minimum absolute atomic E-state index is 0.109. The van der Waals surface area contributed by atoms with Crippen LogP contribution in [0.25, 0.3) is 0 Å². The normalized spacial score (nSPS) is 20.2. The summed E-state index contributed by atoms with van der Waals surface area (Å²) in [5, 5.41) is 0. The quantitative estimate of drug-likeness (QED) is 0.654. The molecule has 9 heteroatoms. The molecular formula is C22H25F3N2O3S. The van der Waals surface area contributed by atoms with Crippen LogP contribution in [-0.4, -0.2) is 39.1 Å². The topological polar surface area (TPSA) is 58.6 Å². The molecule has 1 saturated carbocycles. The number of hydrogen-bond acceptors (Lipinski definition) is 4. The van der Waals surface area contributed by atoms with Gasteiger partial charge in [0.2, 0.25) is 10.0 Å². The first-order valence-electron chi connectivity index (χ1n) is 10.3.